The van der Waals surface area contributed by atoms with Gasteiger partial charge in [0.05, 0.1) is 0 Å². The molecule has 0 atom stereocenters. The largest absolute Gasteiger partial charge is 0.311 e. The Morgan fingerprint density at radius 3 is 0.670 bits per heavy atom. The first-order valence-corrected chi connectivity index (χ1v) is 32.2. The summed E-state index contributed by atoms with van der Waals surface area (Å²) in [4.78, 5) is 9.29. The third kappa shape index (κ3) is 13.5. The van der Waals surface area contributed by atoms with Crippen LogP contribution in [-0.4, -0.2) is 0 Å². The van der Waals surface area contributed by atoms with E-state index in [1.807, 2.05) is 0 Å². The first-order valence-electron chi connectivity index (χ1n) is 32.2. The van der Waals surface area contributed by atoms with Gasteiger partial charge in [-0.25, -0.2) is 0 Å². The summed E-state index contributed by atoms with van der Waals surface area (Å²) in [6.45, 7) is 2.11. The fourth-order valence-corrected chi connectivity index (χ4v) is 12.4. The fraction of sp³-hybridized carbons (Fsp3) is 0.0222. The van der Waals surface area contributed by atoms with E-state index in [2.05, 4.69) is 421 Å². The van der Waals surface area contributed by atoms with E-state index in [9.17, 15) is 0 Å². The third-order valence-corrected chi connectivity index (χ3v) is 17.3. The van der Waals surface area contributed by atoms with Gasteiger partial charge >= 0.3 is 0 Å². The van der Waals surface area contributed by atoms with Gasteiger partial charge in [-0.1, -0.05) is 255 Å². The number of anilines is 11. The lowest BCUT2D eigenvalue weighted by Crippen LogP contribution is -2.15. The van der Waals surface area contributed by atoms with E-state index in [0.29, 0.717) is 0 Å². The van der Waals surface area contributed by atoms with Crippen LogP contribution in [0.2, 0.25) is 0 Å². The molecule has 4 heteroatoms. The second-order valence-electron chi connectivity index (χ2n) is 23.3. The van der Waals surface area contributed by atoms with E-state index in [4.69, 9.17) is 0 Å². The topological polar surface area (TPSA) is 13.0 Å². The zero-order valence-electron chi connectivity index (χ0n) is 52.5. The van der Waals surface area contributed by atoms with Gasteiger partial charge in [0.2, 0.25) is 0 Å². The average molecular weight is 1210 g/mol. The summed E-state index contributed by atoms with van der Waals surface area (Å²) in [5.41, 5.74) is 26.1. The maximum Gasteiger partial charge on any atom is 0.0462 e. The van der Waals surface area contributed by atoms with Crippen LogP contribution in [0.5, 0.6) is 0 Å². The maximum atomic E-state index is 2.33. The zero-order valence-corrected chi connectivity index (χ0v) is 52.5. The van der Waals surface area contributed by atoms with E-state index in [0.717, 1.165) is 119 Å². The summed E-state index contributed by atoms with van der Waals surface area (Å²) in [6.07, 6.45) is 7.52. The molecule has 0 bridgehead atoms. The highest BCUT2D eigenvalue weighted by Crippen LogP contribution is 2.42. The summed E-state index contributed by atoms with van der Waals surface area (Å²) in [6, 6.07) is 135. The van der Waals surface area contributed by atoms with Crippen molar-refractivity contribution in [1.82, 2.24) is 0 Å². The number of allylic oxidation sites excluding steroid dienone is 3. The van der Waals surface area contributed by atoms with Crippen LogP contribution in [0.4, 0.5) is 62.6 Å². The molecule has 0 fully saturated rings. The normalized spacial score (nSPS) is 11.3. The van der Waals surface area contributed by atoms with Crippen molar-refractivity contribution in [2.45, 2.75) is 13.3 Å². The highest BCUT2D eigenvalue weighted by molar-refractivity contribution is 5.85. The van der Waals surface area contributed by atoms with Crippen molar-refractivity contribution in [3.8, 4) is 55.6 Å². The SMILES string of the molecule is C/C=C(\C=C/Cc1ccccc1)N(c1ccccc1)c1ccc(-c2ccc(N(c3ccccc3)c3ccc(-c4ccc(-c5ccc(N(c6ccccc6)c6ccc(-c7ccc(N(c8ccccc8)c8ccc(-c9ccccc9)cc8)cc7)cc6)cc5)cc4)cc3)cc2)cc1. The van der Waals surface area contributed by atoms with Crippen LogP contribution in [0, 0.1) is 0 Å². The number of hydrogen-bond acceptors (Lipinski definition) is 4. The van der Waals surface area contributed by atoms with Crippen LogP contribution in [0.25, 0.3) is 55.6 Å². The van der Waals surface area contributed by atoms with Gasteiger partial charge in [0.25, 0.3) is 0 Å². The number of hydrogen-bond donors (Lipinski definition) is 0. The van der Waals surface area contributed by atoms with Crippen LogP contribution in [0.1, 0.15) is 12.5 Å². The van der Waals surface area contributed by atoms with Gasteiger partial charge in [-0.05, 0) is 214 Å². The average Bonchev–Trinajstić information content (AvgIpc) is 1.62. The molecule has 0 aromatic heterocycles. The maximum absolute atomic E-state index is 2.33. The Morgan fingerprint density at radius 2 is 0.404 bits per heavy atom. The Labute approximate surface area is 553 Å². The van der Waals surface area contributed by atoms with Gasteiger partial charge in [0.15, 0.2) is 0 Å². The molecule has 14 aromatic rings. The van der Waals surface area contributed by atoms with E-state index < -0.39 is 0 Å². The number of benzene rings is 14. The second kappa shape index (κ2) is 28.3. The van der Waals surface area contributed by atoms with Gasteiger partial charge in [-0.15, -0.1) is 0 Å². The minimum absolute atomic E-state index is 0.868. The molecule has 0 saturated carbocycles. The predicted octanol–water partition coefficient (Wildman–Crippen LogP) is 25.3. The summed E-state index contributed by atoms with van der Waals surface area (Å²) < 4.78 is 0. The Balaban J connectivity index is 0.655. The molecule has 0 spiro atoms. The Morgan fingerprint density at radius 1 is 0.213 bits per heavy atom. The third-order valence-electron chi connectivity index (χ3n) is 17.3. The predicted molar refractivity (Wildman–Crippen MR) is 399 cm³/mol. The first-order chi connectivity index (χ1) is 46.6. The molecule has 94 heavy (non-hydrogen) atoms. The molecule has 0 saturated heterocycles. The number of rotatable bonds is 20. The standard InChI is InChI=1S/C90H70N4/c1-2-79(35-21-24-68-22-9-3-10-23-68)91(80-27-13-5-14-28-80)84-54-42-75(43-55-84)76-48-62-89(63-49-76)93(82-31-17-7-18-32-82)86-58-44-73(45-59-86)70-36-38-71(39-37-70)74-46-60-87(61-47-74)94(83-33-19-8-20-34-83)90-66-52-78(53-67-90)77-50-64-88(65-51-77)92(81-29-15-6-16-30-81)85-56-40-72(41-57-85)69-25-11-4-12-26-69/h2-23,25-67H,24H2,1H3/b35-21-,79-2+. The first kappa shape index (κ1) is 59.4. The van der Waals surface area contributed by atoms with Crippen molar-refractivity contribution in [3.63, 3.8) is 0 Å². The van der Waals surface area contributed by atoms with E-state index in [-0.39, 0.29) is 0 Å². The van der Waals surface area contributed by atoms with Crippen LogP contribution in [0.15, 0.2) is 400 Å². The van der Waals surface area contributed by atoms with Crippen molar-refractivity contribution >= 4 is 62.6 Å². The van der Waals surface area contributed by atoms with E-state index in [1.54, 1.807) is 0 Å². The van der Waals surface area contributed by atoms with Crippen LogP contribution in [0.3, 0.4) is 0 Å². The van der Waals surface area contributed by atoms with Crippen LogP contribution >= 0.6 is 0 Å². The van der Waals surface area contributed by atoms with Crippen molar-refractivity contribution in [2.24, 2.45) is 0 Å². The molecule has 14 aromatic carbocycles. The molecule has 450 valence electrons. The quantitative estimate of drug-likeness (QED) is 0.0705. The molecule has 0 radical (unpaired) electrons. The minimum atomic E-state index is 0.868. The van der Waals surface area contributed by atoms with Gasteiger partial charge < -0.3 is 19.6 Å². The molecule has 0 heterocycles. The monoisotopic (exact) mass is 1210 g/mol. The molecule has 4 nitrogen and oxygen atoms in total. The molecule has 0 N–H and O–H groups in total. The van der Waals surface area contributed by atoms with Gasteiger partial charge in [-0.2, -0.15) is 0 Å². The zero-order chi connectivity index (χ0) is 63.3. The molecule has 0 aliphatic rings. The van der Waals surface area contributed by atoms with Crippen molar-refractivity contribution in [3.05, 3.63) is 406 Å². The lowest BCUT2D eigenvalue weighted by atomic mass is 9.99. The summed E-state index contributed by atoms with van der Waals surface area (Å²) in [7, 11) is 0. The molecule has 0 aliphatic heterocycles. The fourth-order valence-electron chi connectivity index (χ4n) is 12.4. The molecule has 0 unspecified atom stereocenters. The Bertz CT molecular complexity index is 4760. The van der Waals surface area contributed by atoms with E-state index >= 15 is 0 Å². The van der Waals surface area contributed by atoms with Crippen molar-refractivity contribution in [1.29, 1.82) is 0 Å². The smallest absolute Gasteiger partial charge is 0.0462 e. The highest BCUT2D eigenvalue weighted by Gasteiger charge is 2.19. The van der Waals surface area contributed by atoms with Crippen LogP contribution in [-0.2, 0) is 6.42 Å². The Kier molecular flexibility index (Phi) is 17.9. The lowest BCUT2D eigenvalue weighted by Gasteiger charge is -2.27. The summed E-state index contributed by atoms with van der Waals surface area (Å²) >= 11 is 0. The van der Waals surface area contributed by atoms with Gasteiger partial charge in [-0.3, -0.25) is 0 Å². The molecular formula is C90H70N4. The molecule has 0 amide bonds. The number of para-hydroxylation sites is 4. The summed E-state index contributed by atoms with van der Waals surface area (Å²) in [5, 5.41) is 0. The van der Waals surface area contributed by atoms with Gasteiger partial charge in [0, 0.05) is 68.3 Å². The van der Waals surface area contributed by atoms with E-state index in [1.165, 1.54) is 16.7 Å². The van der Waals surface area contributed by atoms with Gasteiger partial charge in [0.1, 0.15) is 0 Å². The molecule has 0 aliphatic carbocycles. The van der Waals surface area contributed by atoms with Crippen molar-refractivity contribution in [2.75, 3.05) is 19.6 Å². The summed E-state index contributed by atoms with van der Waals surface area (Å²) in [5.74, 6) is 0. The number of nitrogens with zero attached hydrogens (tertiary/aromatic N) is 4. The minimum Gasteiger partial charge on any atom is -0.311 e. The molecule has 14 rings (SSSR count). The Hall–Kier alpha value is -12.2. The van der Waals surface area contributed by atoms with Crippen molar-refractivity contribution < 1.29 is 0 Å². The van der Waals surface area contributed by atoms with Crippen LogP contribution < -0.4 is 19.6 Å². The highest BCUT2D eigenvalue weighted by atomic mass is 15.2. The molecular weight excluding hydrogens is 1140 g/mol. The second-order valence-corrected chi connectivity index (χ2v) is 23.3. The lowest BCUT2D eigenvalue weighted by molar-refractivity contribution is 1.18.